The number of oxazole rings is 1. The lowest BCUT2D eigenvalue weighted by atomic mass is 10.2. The molecule has 1 aromatic heterocycles. The number of aryl methyl sites for hydroxylation is 2. The molecule has 150 valence electrons. The van der Waals surface area contributed by atoms with Gasteiger partial charge in [-0.25, -0.2) is 14.4 Å². The summed E-state index contributed by atoms with van der Waals surface area (Å²) >= 11 is 0. The quantitative estimate of drug-likeness (QED) is 0.339. The molecule has 2 rings (SSSR count). The summed E-state index contributed by atoms with van der Waals surface area (Å²) in [5.74, 6) is 1.97. The van der Waals surface area contributed by atoms with Crippen LogP contribution in [0.15, 0.2) is 33.7 Å². The van der Waals surface area contributed by atoms with Gasteiger partial charge < -0.3 is 20.0 Å². The lowest BCUT2D eigenvalue weighted by Crippen LogP contribution is -2.40. The minimum atomic E-state index is -0.207. The number of nitrogens with one attached hydrogen (secondary N) is 2. The highest BCUT2D eigenvalue weighted by Crippen LogP contribution is 2.09. The molecule has 0 radical (unpaired) electrons. The van der Waals surface area contributed by atoms with Crippen LogP contribution < -0.4 is 10.6 Å². The molecule has 0 fully saturated rings. The zero-order chi connectivity index (χ0) is 18.9. The van der Waals surface area contributed by atoms with E-state index < -0.39 is 0 Å². The molecule has 2 N–H and O–H groups in total. The Morgan fingerprint density at radius 1 is 1.22 bits per heavy atom. The standard InChI is InChI=1S/C19H28FN5O.HI/c1-5-21-19(23-12-18-24-14(2)15(3)26-18)22-10-11-25(4)13-16-6-8-17(20)9-7-16;/h6-9H,5,10-13H2,1-4H3,(H2,21,22,23);1H. The van der Waals surface area contributed by atoms with Gasteiger partial charge in [-0.15, -0.1) is 24.0 Å². The Kier molecular flexibility index (Phi) is 10.3. The summed E-state index contributed by atoms with van der Waals surface area (Å²) in [5, 5.41) is 6.52. The highest BCUT2D eigenvalue weighted by molar-refractivity contribution is 14.0. The molecule has 2 aromatic rings. The summed E-state index contributed by atoms with van der Waals surface area (Å²) in [5.41, 5.74) is 1.99. The van der Waals surface area contributed by atoms with Crippen molar-refractivity contribution in [2.24, 2.45) is 4.99 Å². The molecule has 6 nitrogen and oxygen atoms in total. The van der Waals surface area contributed by atoms with Gasteiger partial charge in [-0.05, 0) is 45.5 Å². The van der Waals surface area contributed by atoms with Gasteiger partial charge in [0.15, 0.2) is 5.96 Å². The Labute approximate surface area is 177 Å². The Hall–Kier alpha value is -1.68. The van der Waals surface area contributed by atoms with Crippen LogP contribution in [0.3, 0.4) is 0 Å². The zero-order valence-corrected chi connectivity index (χ0v) is 18.7. The van der Waals surface area contributed by atoms with Crippen molar-refractivity contribution in [2.45, 2.75) is 33.9 Å². The molecule has 0 saturated heterocycles. The summed E-state index contributed by atoms with van der Waals surface area (Å²) in [6.45, 7) is 9.37. The molecule has 0 unspecified atom stereocenters. The summed E-state index contributed by atoms with van der Waals surface area (Å²) in [4.78, 5) is 11.0. The molecule has 0 aliphatic heterocycles. The summed E-state index contributed by atoms with van der Waals surface area (Å²) in [7, 11) is 2.04. The van der Waals surface area contributed by atoms with Gasteiger partial charge in [-0.2, -0.15) is 0 Å². The van der Waals surface area contributed by atoms with E-state index >= 15 is 0 Å². The predicted molar refractivity (Wildman–Crippen MR) is 117 cm³/mol. The van der Waals surface area contributed by atoms with Crippen LogP contribution in [-0.2, 0) is 13.1 Å². The van der Waals surface area contributed by atoms with E-state index in [1.165, 1.54) is 12.1 Å². The van der Waals surface area contributed by atoms with Crippen LogP contribution in [0.1, 0.15) is 29.8 Å². The van der Waals surface area contributed by atoms with Gasteiger partial charge in [0.05, 0.1) is 5.69 Å². The number of halogens is 2. The Balaban J connectivity index is 0.00000364. The van der Waals surface area contributed by atoms with Crippen LogP contribution in [0.25, 0.3) is 0 Å². The molecule has 27 heavy (non-hydrogen) atoms. The topological polar surface area (TPSA) is 65.7 Å². The normalized spacial score (nSPS) is 11.4. The van der Waals surface area contributed by atoms with Crippen LogP contribution in [0.4, 0.5) is 4.39 Å². The van der Waals surface area contributed by atoms with E-state index in [-0.39, 0.29) is 29.8 Å². The SMILES string of the molecule is CCNC(=NCc1nc(C)c(C)o1)NCCN(C)Cc1ccc(F)cc1.I. The molecule has 0 spiro atoms. The van der Waals surface area contributed by atoms with Gasteiger partial charge in [0.2, 0.25) is 5.89 Å². The second kappa shape index (κ2) is 11.9. The third kappa shape index (κ3) is 8.25. The molecule has 0 bridgehead atoms. The first-order valence-electron chi connectivity index (χ1n) is 8.86. The number of hydrogen-bond donors (Lipinski definition) is 2. The third-order valence-corrected chi connectivity index (χ3v) is 3.94. The van der Waals surface area contributed by atoms with Crippen molar-refractivity contribution in [3.05, 3.63) is 53.0 Å². The number of rotatable bonds is 8. The largest absolute Gasteiger partial charge is 0.444 e. The second-order valence-electron chi connectivity index (χ2n) is 6.24. The van der Waals surface area contributed by atoms with Crippen molar-refractivity contribution >= 4 is 29.9 Å². The predicted octanol–water partition coefficient (Wildman–Crippen LogP) is 3.24. The molecule has 0 aliphatic rings. The van der Waals surface area contributed by atoms with Gasteiger partial charge in [0.1, 0.15) is 18.1 Å². The average Bonchev–Trinajstić information content (AvgIpc) is 2.93. The molecule has 0 atom stereocenters. The first kappa shape index (κ1) is 23.4. The van der Waals surface area contributed by atoms with E-state index in [1.807, 2.05) is 40.0 Å². The van der Waals surface area contributed by atoms with Crippen molar-refractivity contribution in [1.82, 2.24) is 20.5 Å². The Morgan fingerprint density at radius 3 is 2.52 bits per heavy atom. The lowest BCUT2D eigenvalue weighted by molar-refractivity contribution is 0.331. The average molecular weight is 489 g/mol. The molecular formula is C19H29FIN5O. The van der Waals surface area contributed by atoms with Crippen molar-refractivity contribution in [3.8, 4) is 0 Å². The maximum absolute atomic E-state index is 13.0. The number of likely N-dealkylation sites (N-methyl/N-ethyl adjacent to an activating group) is 1. The van der Waals surface area contributed by atoms with Crippen LogP contribution in [0, 0.1) is 19.7 Å². The first-order chi connectivity index (χ1) is 12.5. The maximum Gasteiger partial charge on any atom is 0.216 e. The number of aromatic nitrogens is 1. The van der Waals surface area contributed by atoms with Gasteiger partial charge in [0, 0.05) is 26.2 Å². The fraction of sp³-hybridized carbons (Fsp3) is 0.474. The fourth-order valence-corrected chi connectivity index (χ4v) is 2.44. The molecule has 0 amide bonds. The lowest BCUT2D eigenvalue weighted by Gasteiger charge is -2.18. The molecule has 1 aromatic carbocycles. The van der Waals surface area contributed by atoms with E-state index in [0.29, 0.717) is 12.4 Å². The first-order valence-corrected chi connectivity index (χ1v) is 8.86. The van der Waals surface area contributed by atoms with E-state index in [4.69, 9.17) is 4.42 Å². The Bertz CT molecular complexity index is 698. The molecule has 8 heteroatoms. The number of guanidine groups is 1. The van der Waals surface area contributed by atoms with E-state index in [9.17, 15) is 4.39 Å². The highest BCUT2D eigenvalue weighted by atomic mass is 127. The van der Waals surface area contributed by atoms with Crippen LogP contribution >= 0.6 is 24.0 Å². The van der Waals surface area contributed by atoms with E-state index in [2.05, 4.69) is 25.5 Å². The van der Waals surface area contributed by atoms with Crippen LogP contribution in [0.2, 0.25) is 0 Å². The number of benzene rings is 1. The number of hydrogen-bond acceptors (Lipinski definition) is 4. The number of nitrogens with zero attached hydrogens (tertiary/aromatic N) is 3. The summed E-state index contributed by atoms with van der Waals surface area (Å²) < 4.78 is 18.5. The fourth-order valence-electron chi connectivity index (χ4n) is 2.44. The summed E-state index contributed by atoms with van der Waals surface area (Å²) in [6, 6.07) is 6.60. The molecule has 0 saturated carbocycles. The highest BCUT2D eigenvalue weighted by Gasteiger charge is 2.06. The smallest absolute Gasteiger partial charge is 0.216 e. The van der Waals surface area contributed by atoms with Crippen molar-refractivity contribution in [3.63, 3.8) is 0 Å². The maximum atomic E-state index is 13.0. The van der Waals surface area contributed by atoms with Gasteiger partial charge in [-0.1, -0.05) is 12.1 Å². The van der Waals surface area contributed by atoms with Crippen LogP contribution in [0.5, 0.6) is 0 Å². The molecule has 0 aliphatic carbocycles. The zero-order valence-electron chi connectivity index (χ0n) is 16.4. The second-order valence-corrected chi connectivity index (χ2v) is 6.24. The number of aliphatic imine (C=N–C) groups is 1. The van der Waals surface area contributed by atoms with Gasteiger partial charge in [0.25, 0.3) is 0 Å². The molecular weight excluding hydrogens is 460 g/mol. The van der Waals surface area contributed by atoms with E-state index in [1.54, 1.807) is 0 Å². The van der Waals surface area contributed by atoms with Crippen molar-refractivity contribution in [1.29, 1.82) is 0 Å². The minimum Gasteiger partial charge on any atom is -0.444 e. The van der Waals surface area contributed by atoms with Gasteiger partial charge in [-0.3, -0.25) is 0 Å². The van der Waals surface area contributed by atoms with E-state index in [0.717, 1.165) is 49.2 Å². The van der Waals surface area contributed by atoms with Crippen LogP contribution in [-0.4, -0.2) is 42.5 Å². The Morgan fingerprint density at radius 2 is 1.93 bits per heavy atom. The summed E-state index contributed by atoms with van der Waals surface area (Å²) in [6.07, 6.45) is 0. The minimum absolute atomic E-state index is 0. The molecule has 1 heterocycles. The van der Waals surface area contributed by atoms with Gasteiger partial charge >= 0.3 is 0 Å². The van der Waals surface area contributed by atoms with Crippen molar-refractivity contribution in [2.75, 3.05) is 26.7 Å². The third-order valence-electron chi connectivity index (χ3n) is 3.94. The monoisotopic (exact) mass is 489 g/mol. The van der Waals surface area contributed by atoms with Crippen molar-refractivity contribution < 1.29 is 8.81 Å².